The predicted octanol–water partition coefficient (Wildman–Crippen LogP) is 1.59. The normalized spacial score (nSPS) is 24.7. The van der Waals surface area contributed by atoms with Crippen molar-refractivity contribution in [2.24, 2.45) is 5.41 Å². The van der Waals surface area contributed by atoms with Crippen LogP contribution in [0.4, 0.5) is 17.2 Å². The van der Waals surface area contributed by atoms with E-state index in [4.69, 9.17) is 18.3 Å². The molecule has 0 aliphatic carbocycles. The Labute approximate surface area is 417 Å². The quantitative estimate of drug-likeness (QED) is 0.0368. The van der Waals surface area contributed by atoms with Gasteiger partial charge in [-0.15, -0.1) is 0 Å². The molecule has 9 N–H and O–H groups in total. The van der Waals surface area contributed by atoms with Crippen molar-refractivity contribution in [1.82, 2.24) is 35.1 Å². The molecule has 5 aliphatic rings. The topological polar surface area (TPSA) is 373 Å². The zero-order chi connectivity index (χ0) is 52.0. The molecular formula is C40H54N9O18P3S2. The fourth-order valence-corrected chi connectivity index (χ4v) is 13.5. The molecule has 4 fully saturated rings. The van der Waals surface area contributed by atoms with E-state index in [2.05, 4.69) is 57.6 Å². The van der Waals surface area contributed by atoms with E-state index in [-0.39, 0.29) is 45.6 Å². The van der Waals surface area contributed by atoms with Crippen LogP contribution < -0.4 is 20.9 Å². The second-order valence-corrected chi connectivity index (χ2v) is 24.6. The summed E-state index contributed by atoms with van der Waals surface area (Å²) in [6.45, 7) is 4.34. The summed E-state index contributed by atoms with van der Waals surface area (Å²) in [5.41, 5.74) is 0.769. The number of nitrogens with zero attached hydrogens (tertiary/aromatic N) is 6. The van der Waals surface area contributed by atoms with Crippen molar-refractivity contribution in [3.8, 4) is 11.1 Å². The van der Waals surface area contributed by atoms with E-state index in [1.54, 1.807) is 18.2 Å². The van der Waals surface area contributed by atoms with Gasteiger partial charge < -0.3 is 60.3 Å². The van der Waals surface area contributed by atoms with Crippen molar-refractivity contribution in [2.45, 2.75) is 79.6 Å². The molecule has 32 heteroatoms. The first kappa shape index (κ1) is 54.3. The summed E-state index contributed by atoms with van der Waals surface area (Å²) in [7, 11) is -20.5. The van der Waals surface area contributed by atoms with Gasteiger partial charge in [-0.1, -0.05) is 19.9 Å². The van der Waals surface area contributed by atoms with Crippen LogP contribution in [0.2, 0.25) is 0 Å². The first-order valence-electron chi connectivity index (χ1n) is 22.4. The average molecular weight is 1100 g/mol. The molecule has 2 bridgehead atoms. The zero-order valence-corrected chi connectivity index (χ0v) is 42.9. The molecule has 72 heavy (non-hydrogen) atoms. The summed E-state index contributed by atoms with van der Waals surface area (Å²) in [4.78, 5) is 82.4. The number of amides is 2. The SMILES string of the molecule is CC(C)(COP(=O)(O)OP(=O)(O)OC[C@H]1O[11C@@H](n2cnc3c(Nc4ccc5c(c4)-c4ccc(N6CCN7CCC6CC7)cc4S5(=O)=O)ncnc32)[C@H](O)[C@@H]1OP(=O)(O)O)[C@@H](O)C(=O)NCCC(=O)NCCS. The predicted molar refractivity (Wildman–Crippen MR) is 256 cm³/mol. The number of phosphoric ester groups is 3. The number of ether oxygens (including phenoxy) is 1. The number of phosphoric acid groups is 3. The molecule has 5 aliphatic heterocycles. The van der Waals surface area contributed by atoms with Crippen LogP contribution in [0, 0.1) is 5.41 Å². The van der Waals surface area contributed by atoms with Crippen molar-refractivity contribution in [2.75, 3.05) is 68.5 Å². The summed E-state index contributed by atoms with van der Waals surface area (Å²) in [6.07, 6.45) is -5.05. The summed E-state index contributed by atoms with van der Waals surface area (Å²) < 4.78 is 91.4. The Hall–Kier alpha value is -3.96. The minimum Gasteiger partial charge on any atom is -0.386 e. The summed E-state index contributed by atoms with van der Waals surface area (Å²) in [6, 6.07) is 10.6. The maximum absolute atomic E-state index is 13.9. The van der Waals surface area contributed by atoms with Gasteiger partial charge in [0.25, 0.3) is 0 Å². The number of thiol groups is 1. The molecule has 0 radical (unpaired) electrons. The standard InChI is InChI=1S/C40H54N9O18P3S2/c1-40(2,35(52)38(53)42-10-7-31(50)41-11-16-71)20-64-70(59,60)67-69(57,58)63-19-28-34(66-68(54,55)56)33(51)39(65-28)49-22-45-32-36(43-21-44-37(32)49)46-23-3-6-29-27(17-23)26-5-4-25(18-30(26)72(29,61)62)48-15-14-47-12-8-24(48)9-13-47/h3-6,17-18,21-22,24,28,33-35,39,51-52,71H,7-16,19-20H2,1-2H3,(H,41,50)(H,42,53)(H,57,58)(H,59,60)(H,43,44,46)(H2,54,55,56)/t28-,33-,34-,35+,39-/m1/s1/i39-1. The lowest BCUT2D eigenvalue weighted by molar-refractivity contribution is -0.137. The lowest BCUT2D eigenvalue weighted by atomic mass is 9.85. The van der Waals surface area contributed by atoms with Crippen LogP contribution in [0.1, 0.15) is 39.3 Å². The van der Waals surface area contributed by atoms with Gasteiger partial charge in [-0.2, -0.15) is 16.9 Å². The van der Waals surface area contributed by atoms with Crippen molar-refractivity contribution in [3.63, 3.8) is 0 Å². The third kappa shape index (κ3) is 12.1. The van der Waals surface area contributed by atoms with Gasteiger partial charge in [0.2, 0.25) is 21.7 Å². The lowest BCUT2D eigenvalue weighted by Gasteiger charge is -2.33. The number of aliphatic hydroxyl groups excluding tert-OH is 2. The van der Waals surface area contributed by atoms with Crippen LogP contribution in [0.5, 0.6) is 0 Å². The minimum atomic E-state index is -5.64. The highest BCUT2D eigenvalue weighted by atomic mass is 32.2. The van der Waals surface area contributed by atoms with Gasteiger partial charge in [0.15, 0.2) is 23.2 Å². The van der Waals surface area contributed by atoms with E-state index in [0.29, 0.717) is 35.2 Å². The van der Waals surface area contributed by atoms with E-state index in [1.807, 2.05) is 12.1 Å². The average Bonchev–Trinajstić information content (AvgIpc) is 3.82. The van der Waals surface area contributed by atoms with E-state index >= 15 is 0 Å². The third-order valence-corrected chi connectivity index (χ3v) is 17.7. The molecule has 2 aromatic carbocycles. The second-order valence-electron chi connectivity index (χ2n) is 18.0. The van der Waals surface area contributed by atoms with Crippen molar-refractivity contribution < 1.29 is 84.1 Å². The van der Waals surface area contributed by atoms with Gasteiger partial charge >= 0.3 is 23.5 Å². The molecule has 7 heterocycles. The number of piperidine rings is 1. The molecule has 2 unspecified atom stereocenters. The third-order valence-electron chi connectivity index (χ3n) is 12.5. The number of aliphatic hydroxyl groups is 2. The smallest absolute Gasteiger partial charge is 0.386 e. The number of benzene rings is 2. The molecule has 7 atom stereocenters. The van der Waals surface area contributed by atoms with E-state index in [1.165, 1.54) is 19.9 Å². The monoisotopic (exact) mass is 1100 g/mol. The van der Waals surface area contributed by atoms with Gasteiger partial charge in [0, 0.05) is 85.4 Å². The summed E-state index contributed by atoms with van der Waals surface area (Å²) in [5, 5.41) is 30.0. The van der Waals surface area contributed by atoms with Crippen molar-refractivity contribution in [3.05, 3.63) is 49.1 Å². The van der Waals surface area contributed by atoms with Crippen molar-refractivity contribution in [1.29, 1.82) is 0 Å². The fraction of sp³-hybridized carbons (Fsp3) is 0.525. The maximum Gasteiger partial charge on any atom is 0.481 e. The number of aromatic nitrogens is 4. The van der Waals surface area contributed by atoms with Crippen LogP contribution >= 0.6 is 36.1 Å². The van der Waals surface area contributed by atoms with Crippen LogP contribution in [0.25, 0.3) is 22.3 Å². The first-order valence-corrected chi connectivity index (χ1v) is 29.0. The number of rotatable bonds is 21. The number of hydrogen-bond donors (Lipinski definition) is 10. The number of carbonyl (C=O) groups is 2. The Morgan fingerprint density at radius 3 is 2.39 bits per heavy atom. The van der Waals surface area contributed by atoms with Crippen LogP contribution in [-0.4, -0.2) is 163 Å². The van der Waals surface area contributed by atoms with Gasteiger partial charge in [0.1, 0.15) is 30.7 Å². The Balaban J connectivity index is 0.926. The largest absolute Gasteiger partial charge is 0.481 e. The molecule has 27 nitrogen and oxygen atoms in total. The molecular weight excluding hydrogens is 1050 g/mol. The molecule has 0 spiro atoms. The highest BCUT2D eigenvalue weighted by Gasteiger charge is 2.50. The highest BCUT2D eigenvalue weighted by molar-refractivity contribution is 7.92. The van der Waals surface area contributed by atoms with E-state index < -0.39 is 88.5 Å². The van der Waals surface area contributed by atoms with Gasteiger partial charge in [-0.05, 0) is 43.2 Å². The molecule has 4 aromatic rings. The number of carbonyl (C=O) groups excluding carboxylic acids is 2. The molecule has 0 saturated carbocycles. The van der Waals surface area contributed by atoms with Gasteiger partial charge in [-0.25, -0.2) is 37.1 Å². The Kier molecular flexibility index (Phi) is 16.1. The number of hydrogen-bond acceptors (Lipinski definition) is 21. The maximum atomic E-state index is 13.9. The van der Waals surface area contributed by atoms with E-state index in [0.717, 1.165) is 61.9 Å². The lowest BCUT2D eigenvalue weighted by Crippen LogP contribution is -2.46. The number of imidazole rings is 1. The first-order chi connectivity index (χ1) is 33.9. The number of anilines is 3. The number of nitrogens with one attached hydrogen (secondary N) is 3. The molecule has 4 saturated heterocycles. The molecule has 2 aromatic heterocycles. The highest BCUT2D eigenvalue weighted by Crippen LogP contribution is 2.61. The van der Waals surface area contributed by atoms with Crippen molar-refractivity contribution >= 4 is 86.1 Å². The van der Waals surface area contributed by atoms with Gasteiger partial charge in [0.05, 0.1) is 29.3 Å². The fourth-order valence-electron chi connectivity index (χ4n) is 8.88. The number of sulfone groups is 1. The minimum absolute atomic E-state index is 0.000858. The van der Waals surface area contributed by atoms with Crippen LogP contribution in [0.15, 0.2) is 58.8 Å². The van der Waals surface area contributed by atoms with E-state index in [9.17, 15) is 61.5 Å². The van der Waals surface area contributed by atoms with Crippen LogP contribution in [0.3, 0.4) is 0 Å². The Morgan fingerprint density at radius 1 is 0.931 bits per heavy atom. The Bertz CT molecular complexity index is 2960. The number of fused-ring (bicyclic) bond motifs is 8. The zero-order valence-electron chi connectivity index (χ0n) is 38.5. The molecule has 394 valence electrons. The van der Waals surface area contributed by atoms with Gasteiger partial charge in [-0.3, -0.25) is 27.7 Å². The molecule has 9 rings (SSSR count). The summed E-state index contributed by atoms with van der Waals surface area (Å²) in [5.74, 6) is -0.829. The molecule has 2 amide bonds. The second kappa shape index (κ2) is 21.3. The van der Waals surface area contributed by atoms with Crippen LogP contribution in [-0.2, 0) is 55.7 Å². The summed E-state index contributed by atoms with van der Waals surface area (Å²) >= 11 is 3.98. The Morgan fingerprint density at radius 2 is 1.67 bits per heavy atom.